The van der Waals surface area contributed by atoms with Crippen molar-refractivity contribution in [2.45, 2.75) is 39.2 Å². The summed E-state index contributed by atoms with van der Waals surface area (Å²) in [5.74, 6) is 1.08. The van der Waals surface area contributed by atoms with E-state index in [-0.39, 0.29) is 0 Å². The molecule has 0 aromatic carbocycles. The van der Waals surface area contributed by atoms with Gasteiger partial charge in [-0.3, -0.25) is 0 Å². The van der Waals surface area contributed by atoms with E-state index in [0.29, 0.717) is 6.04 Å². The molecule has 0 saturated carbocycles. The van der Waals surface area contributed by atoms with Gasteiger partial charge in [-0.25, -0.2) is 4.98 Å². The molecule has 1 saturated heterocycles. The van der Waals surface area contributed by atoms with Gasteiger partial charge in [-0.15, -0.1) is 0 Å². The van der Waals surface area contributed by atoms with E-state index in [2.05, 4.69) is 16.8 Å². The third-order valence-electron chi connectivity index (χ3n) is 3.21. The van der Waals surface area contributed by atoms with Gasteiger partial charge >= 0.3 is 0 Å². The summed E-state index contributed by atoms with van der Waals surface area (Å²) in [5, 5.41) is 0. The van der Waals surface area contributed by atoms with Gasteiger partial charge in [0.15, 0.2) is 0 Å². The summed E-state index contributed by atoms with van der Waals surface area (Å²) in [6, 6.07) is 4.60. The normalized spacial score (nSPS) is 21.7. The Morgan fingerprint density at radius 2 is 2.20 bits per heavy atom. The predicted molar refractivity (Wildman–Crippen MR) is 64.0 cm³/mol. The van der Waals surface area contributed by atoms with Crippen LogP contribution in [0.4, 0.5) is 11.5 Å². The lowest BCUT2D eigenvalue weighted by Crippen LogP contribution is -2.38. The molecule has 0 amide bonds. The summed E-state index contributed by atoms with van der Waals surface area (Å²) < 4.78 is 0. The monoisotopic (exact) mass is 205 g/mol. The fraction of sp³-hybridized carbons (Fsp3) is 0.583. The average Bonchev–Trinajstić information content (AvgIpc) is 2.23. The number of pyridine rings is 1. The van der Waals surface area contributed by atoms with E-state index in [9.17, 15) is 0 Å². The van der Waals surface area contributed by atoms with Crippen molar-refractivity contribution in [3.8, 4) is 0 Å². The first-order valence-corrected chi connectivity index (χ1v) is 5.68. The van der Waals surface area contributed by atoms with E-state index in [1.165, 1.54) is 19.3 Å². The zero-order chi connectivity index (χ0) is 10.8. The molecular formula is C12H19N3. The highest BCUT2D eigenvalue weighted by atomic mass is 15.2. The molecule has 82 valence electrons. The van der Waals surface area contributed by atoms with Crippen LogP contribution in [0, 0.1) is 6.92 Å². The van der Waals surface area contributed by atoms with Gasteiger partial charge in [-0.2, -0.15) is 0 Å². The summed E-state index contributed by atoms with van der Waals surface area (Å²) in [6.07, 6.45) is 3.88. The van der Waals surface area contributed by atoms with Crippen molar-refractivity contribution in [3.05, 3.63) is 17.8 Å². The van der Waals surface area contributed by atoms with Crippen LogP contribution < -0.4 is 10.6 Å². The van der Waals surface area contributed by atoms with E-state index >= 15 is 0 Å². The van der Waals surface area contributed by atoms with Crippen LogP contribution in [-0.4, -0.2) is 17.6 Å². The van der Waals surface area contributed by atoms with Crippen LogP contribution in [0.3, 0.4) is 0 Å². The number of nitrogens with two attached hydrogens (primary N) is 1. The number of piperidine rings is 1. The molecule has 0 aliphatic carbocycles. The molecule has 2 rings (SSSR count). The second kappa shape index (κ2) is 4.09. The topological polar surface area (TPSA) is 42.2 Å². The van der Waals surface area contributed by atoms with Gasteiger partial charge in [0.1, 0.15) is 5.82 Å². The third kappa shape index (κ3) is 2.06. The number of nitrogen functional groups attached to an aromatic ring is 1. The van der Waals surface area contributed by atoms with Crippen LogP contribution >= 0.6 is 0 Å². The van der Waals surface area contributed by atoms with Crippen LogP contribution in [0.15, 0.2) is 12.1 Å². The molecule has 1 aromatic rings. The number of hydrogen-bond donors (Lipinski definition) is 1. The van der Waals surface area contributed by atoms with Crippen molar-refractivity contribution < 1.29 is 0 Å². The van der Waals surface area contributed by atoms with E-state index in [1.807, 2.05) is 19.1 Å². The van der Waals surface area contributed by atoms with Crippen molar-refractivity contribution in [1.29, 1.82) is 0 Å². The first-order valence-electron chi connectivity index (χ1n) is 5.68. The van der Waals surface area contributed by atoms with Gasteiger partial charge in [0.2, 0.25) is 0 Å². The maximum atomic E-state index is 5.77. The van der Waals surface area contributed by atoms with E-state index in [0.717, 1.165) is 23.7 Å². The summed E-state index contributed by atoms with van der Waals surface area (Å²) in [4.78, 5) is 6.93. The minimum absolute atomic E-state index is 0.606. The minimum Gasteiger partial charge on any atom is -0.397 e. The van der Waals surface area contributed by atoms with Crippen LogP contribution in [0.25, 0.3) is 0 Å². The van der Waals surface area contributed by atoms with Crippen LogP contribution in [-0.2, 0) is 0 Å². The van der Waals surface area contributed by atoms with Gasteiger partial charge < -0.3 is 10.6 Å². The molecular weight excluding hydrogens is 186 g/mol. The average molecular weight is 205 g/mol. The van der Waals surface area contributed by atoms with Gasteiger partial charge in [-0.05, 0) is 45.2 Å². The largest absolute Gasteiger partial charge is 0.397 e. The lowest BCUT2D eigenvalue weighted by atomic mass is 10.0. The summed E-state index contributed by atoms with van der Waals surface area (Å²) in [7, 11) is 0. The van der Waals surface area contributed by atoms with Crippen molar-refractivity contribution in [2.24, 2.45) is 0 Å². The molecule has 0 spiro atoms. The maximum Gasteiger partial charge on any atom is 0.129 e. The number of nitrogens with zero attached hydrogens (tertiary/aromatic N) is 2. The second-order valence-electron chi connectivity index (χ2n) is 4.38. The Hall–Kier alpha value is -1.25. The number of hydrogen-bond acceptors (Lipinski definition) is 3. The van der Waals surface area contributed by atoms with Crippen molar-refractivity contribution in [3.63, 3.8) is 0 Å². The first-order chi connectivity index (χ1) is 7.18. The Kier molecular flexibility index (Phi) is 2.80. The Bertz CT molecular complexity index is 349. The number of rotatable bonds is 1. The fourth-order valence-corrected chi connectivity index (χ4v) is 2.16. The quantitative estimate of drug-likeness (QED) is 0.765. The minimum atomic E-state index is 0.606. The molecule has 0 radical (unpaired) electrons. The second-order valence-corrected chi connectivity index (χ2v) is 4.38. The molecule has 0 bridgehead atoms. The molecule has 15 heavy (non-hydrogen) atoms. The van der Waals surface area contributed by atoms with Crippen molar-refractivity contribution in [2.75, 3.05) is 17.2 Å². The molecule has 1 fully saturated rings. The fourth-order valence-electron chi connectivity index (χ4n) is 2.16. The van der Waals surface area contributed by atoms with Gasteiger partial charge in [0, 0.05) is 12.6 Å². The highest BCUT2D eigenvalue weighted by Crippen LogP contribution is 2.24. The van der Waals surface area contributed by atoms with Gasteiger partial charge in [0.05, 0.1) is 11.4 Å². The van der Waals surface area contributed by atoms with Gasteiger partial charge in [0.25, 0.3) is 0 Å². The molecule has 1 unspecified atom stereocenters. The van der Waals surface area contributed by atoms with Crippen LogP contribution in [0.2, 0.25) is 0 Å². The molecule has 2 N–H and O–H groups in total. The smallest absolute Gasteiger partial charge is 0.129 e. The Morgan fingerprint density at radius 1 is 1.40 bits per heavy atom. The SMILES string of the molecule is Cc1nc(N2CCCCC2C)ccc1N. The van der Waals surface area contributed by atoms with E-state index in [1.54, 1.807) is 0 Å². The standard InChI is InChI=1S/C12H19N3/c1-9-5-3-4-8-15(9)12-7-6-11(13)10(2)14-12/h6-7,9H,3-5,8,13H2,1-2H3. The Labute approximate surface area is 91.3 Å². The van der Waals surface area contributed by atoms with Crippen molar-refractivity contribution in [1.82, 2.24) is 4.98 Å². The van der Waals surface area contributed by atoms with Crippen molar-refractivity contribution >= 4 is 11.5 Å². The zero-order valence-corrected chi connectivity index (χ0v) is 9.53. The summed E-state index contributed by atoms with van der Waals surface area (Å²) >= 11 is 0. The summed E-state index contributed by atoms with van der Waals surface area (Å²) in [5.41, 5.74) is 7.49. The number of aryl methyl sites for hydroxylation is 1. The van der Waals surface area contributed by atoms with Gasteiger partial charge in [-0.1, -0.05) is 0 Å². The third-order valence-corrected chi connectivity index (χ3v) is 3.21. The van der Waals surface area contributed by atoms with E-state index in [4.69, 9.17) is 5.73 Å². The molecule has 3 nitrogen and oxygen atoms in total. The predicted octanol–water partition coefficient (Wildman–Crippen LogP) is 2.35. The molecule has 3 heteroatoms. The maximum absolute atomic E-state index is 5.77. The zero-order valence-electron chi connectivity index (χ0n) is 9.53. The lowest BCUT2D eigenvalue weighted by molar-refractivity contribution is 0.481. The highest BCUT2D eigenvalue weighted by Gasteiger charge is 2.19. The number of aromatic nitrogens is 1. The molecule has 1 aliphatic heterocycles. The number of anilines is 2. The molecule has 1 atom stereocenters. The molecule has 1 aromatic heterocycles. The highest BCUT2D eigenvalue weighted by molar-refractivity contribution is 5.51. The lowest BCUT2D eigenvalue weighted by Gasteiger charge is -2.34. The van der Waals surface area contributed by atoms with Crippen LogP contribution in [0.5, 0.6) is 0 Å². The molecule has 1 aliphatic rings. The molecule has 2 heterocycles. The van der Waals surface area contributed by atoms with Crippen LogP contribution in [0.1, 0.15) is 31.9 Å². The Morgan fingerprint density at radius 3 is 2.87 bits per heavy atom. The summed E-state index contributed by atoms with van der Waals surface area (Å²) in [6.45, 7) is 5.36. The van der Waals surface area contributed by atoms with E-state index < -0.39 is 0 Å². The first kappa shape index (κ1) is 10.3. The Balaban J connectivity index is 2.24.